The van der Waals surface area contributed by atoms with Crippen LogP contribution < -0.4 is 0 Å². The molecular weight excluding hydrogens is 513 g/mol. The summed E-state index contributed by atoms with van der Waals surface area (Å²) in [5, 5.41) is 0. The molecule has 37 heavy (non-hydrogen) atoms. The highest BCUT2D eigenvalue weighted by Gasteiger charge is 2.56. The molecule has 0 N–H and O–H groups in total. The monoisotopic (exact) mass is 541 g/mol. The molecule has 4 nitrogen and oxygen atoms in total. The molecule has 1 aliphatic carbocycles. The predicted molar refractivity (Wildman–Crippen MR) is 128 cm³/mol. The van der Waals surface area contributed by atoms with Crippen LogP contribution in [0.4, 0.5) is 22.0 Å². The third-order valence-electron chi connectivity index (χ3n) is 8.51. The van der Waals surface area contributed by atoms with Gasteiger partial charge in [-0.25, -0.2) is 17.2 Å². The van der Waals surface area contributed by atoms with E-state index in [0.29, 0.717) is 44.7 Å². The molecule has 10 heteroatoms. The second kappa shape index (κ2) is 8.78. The molecule has 2 fully saturated rings. The van der Waals surface area contributed by atoms with Gasteiger partial charge in [0.2, 0.25) is 11.6 Å². The fraction of sp³-hybridized carbons (Fsp3) is 0.519. The highest BCUT2D eigenvalue weighted by atomic mass is 32.2. The smallest absolute Gasteiger partial charge is 0.338 e. The number of hydrogen-bond acceptors (Lipinski definition) is 3. The number of likely N-dealkylation sites (tertiary alicyclic amines) is 1. The Morgan fingerprint density at radius 3 is 2.41 bits per heavy atom. The van der Waals surface area contributed by atoms with Crippen LogP contribution in [0, 0.1) is 11.7 Å². The van der Waals surface area contributed by atoms with Gasteiger partial charge in [0.15, 0.2) is 9.84 Å². The number of sulfone groups is 1. The van der Waals surface area contributed by atoms with Gasteiger partial charge in [0, 0.05) is 18.0 Å². The van der Waals surface area contributed by atoms with Gasteiger partial charge >= 0.3 is 6.18 Å². The van der Waals surface area contributed by atoms with Crippen molar-refractivity contribution < 1.29 is 35.2 Å². The van der Waals surface area contributed by atoms with Gasteiger partial charge in [-0.3, -0.25) is 4.79 Å². The summed E-state index contributed by atoms with van der Waals surface area (Å²) in [5.74, 6) is -1.40. The molecule has 1 amide bonds. The van der Waals surface area contributed by atoms with Gasteiger partial charge < -0.3 is 4.90 Å². The molecule has 2 aliphatic heterocycles. The Balaban J connectivity index is 1.55. The molecule has 2 heterocycles. The number of nitrogens with zero attached hydrogens (tertiary/aromatic N) is 1. The van der Waals surface area contributed by atoms with Crippen molar-refractivity contribution in [3.63, 3.8) is 0 Å². The molecule has 0 spiro atoms. The van der Waals surface area contributed by atoms with E-state index >= 15 is 0 Å². The standard InChI is InChI=1S/C27H28F5NO3S/c1-25(29,27(30,31)32)20-5-8-22-18(14-20)4-9-23-26(22,15-17-2-6-21(28)7-3-17)11-12-33(23)24(34)19-10-13-37(35,36)16-19/h2-3,5-8,14,19,23H,4,9-13,15-16H2,1H3/t19?,23-,25?,26-/m1/s1. The first-order chi connectivity index (χ1) is 17.2. The number of aryl methyl sites for hydroxylation is 1. The largest absolute Gasteiger partial charge is 0.426 e. The van der Waals surface area contributed by atoms with Crippen molar-refractivity contribution in [2.45, 2.75) is 62.3 Å². The average Bonchev–Trinajstić information content (AvgIpc) is 3.39. The maximum atomic E-state index is 14.8. The van der Waals surface area contributed by atoms with Gasteiger partial charge in [-0.05, 0) is 73.4 Å². The molecule has 4 atom stereocenters. The Bertz CT molecular complexity index is 1320. The first-order valence-electron chi connectivity index (χ1n) is 12.4. The molecule has 3 aliphatic rings. The third-order valence-corrected chi connectivity index (χ3v) is 10.3. The summed E-state index contributed by atoms with van der Waals surface area (Å²) in [6.45, 7) is 0.895. The van der Waals surface area contributed by atoms with Crippen molar-refractivity contribution in [1.82, 2.24) is 4.90 Å². The summed E-state index contributed by atoms with van der Waals surface area (Å²) < 4.78 is 92.6. The number of carbonyl (C=O) groups is 1. The van der Waals surface area contributed by atoms with E-state index in [0.717, 1.165) is 11.1 Å². The summed E-state index contributed by atoms with van der Waals surface area (Å²) in [4.78, 5) is 15.2. The molecule has 2 unspecified atom stereocenters. The fourth-order valence-corrected chi connectivity index (χ4v) is 8.21. The summed E-state index contributed by atoms with van der Waals surface area (Å²) in [5.41, 5.74) is -2.44. The quantitative estimate of drug-likeness (QED) is 0.510. The predicted octanol–water partition coefficient (Wildman–Crippen LogP) is 5.04. The molecule has 0 bridgehead atoms. The zero-order chi connectivity index (χ0) is 26.8. The molecule has 0 saturated carbocycles. The van der Waals surface area contributed by atoms with Crippen LogP contribution in [0.3, 0.4) is 0 Å². The number of benzene rings is 2. The van der Waals surface area contributed by atoms with E-state index in [-0.39, 0.29) is 29.9 Å². The second-order valence-corrected chi connectivity index (χ2v) is 13.0. The summed E-state index contributed by atoms with van der Waals surface area (Å²) >= 11 is 0. The van der Waals surface area contributed by atoms with Gasteiger partial charge in [0.25, 0.3) is 0 Å². The van der Waals surface area contributed by atoms with Crippen molar-refractivity contribution in [2.24, 2.45) is 5.92 Å². The Morgan fingerprint density at radius 1 is 1.08 bits per heavy atom. The molecule has 200 valence electrons. The number of halogens is 5. The van der Waals surface area contributed by atoms with Gasteiger partial charge in [0.05, 0.1) is 17.4 Å². The topological polar surface area (TPSA) is 54.5 Å². The van der Waals surface area contributed by atoms with Crippen LogP contribution in [0.1, 0.15) is 48.4 Å². The molecule has 2 aromatic carbocycles. The lowest BCUT2D eigenvalue weighted by Gasteiger charge is -2.44. The van der Waals surface area contributed by atoms with Gasteiger partial charge in [-0.2, -0.15) is 13.2 Å². The van der Waals surface area contributed by atoms with Crippen LogP contribution in [0.5, 0.6) is 0 Å². The van der Waals surface area contributed by atoms with E-state index < -0.39 is 44.4 Å². The van der Waals surface area contributed by atoms with Crippen molar-refractivity contribution >= 4 is 15.7 Å². The van der Waals surface area contributed by atoms with Gasteiger partial charge in [-0.1, -0.05) is 30.3 Å². The number of amides is 1. The van der Waals surface area contributed by atoms with E-state index in [1.165, 1.54) is 24.3 Å². The van der Waals surface area contributed by atoms with Crippen molar-refractivity contribution in [2.75, 3.05) is 18.1 Å². The lowest BCUT2D eigenvalue weighted by molar-refractivity contribution is -0.228. The van der Waals surface area contributed by atoms with E-state index in [4.69, 9.17) is 0 Å². The summed E-state index contributed by atoms with van der Waals surface area (Å²) in [6, 6.07) is 9.71. The highest BCUT2D eigenvalue weighted by molar-refractivity contribution is 7.91. The van der Waals surface area contributed by atoms with E-state index in [1.54, 1.807) is 23.1 Å². The molecular formula is C27H28F5NO3S. The van der Waals surface area contributed by atoms with Crippen LogP contribution in [0.25, 0.3) is 0 Å². The first kappa shape index (κ1) is 26.1. The van der Waals surface area contributed by atoms with Crippen molar-refractivity contribution in [1.29, 1.82) is 0 Å². The Morgan fingerprint density at radius 2 is 1.78 bits per heavy atom. The summed E-state index contributed by atoms with van der Waals surface area (Å²) in [7, 11) is -3.26. The van der Waals surface area contributed by atoms with Crippen LogP contribution in [-0.4, -0.2) is 49.5 Å². The number of hydrogen-bond donors (Lipinski definition) is 0. The Hall–Kier alpha value is -2.49. The number of fused-ring (bicyclic) bond motifs is 3. The van der Waals surface area contributed by atoms with Crippen LogP contribution >= 0.6 is 0 Å². The second-order valence-electron chi connectivity index (χ2n) is 10.8. The lowest BCUT2D eigenvalue weighted by Crippen LogP contribution is -2.50. The zero-order valence-corrected chi connectivity index (χ0v) is 21.1. The van der Waals surface area contributed by atoms with E-state index in [9.17, 15) is 35.2 Å². The maximum absolute atomic E-state index is 14.8. The maximum Gasteiger partial charge on any atom is 0.426 e. The third kappa shape index (κ3) is 4.45. The Kier molecular flexibility index (Phi) is 6.20. The first-order valence-corrected chi connectivity index (χ1v) is 14.2. The normalized spacial score (nSPS) is 28.4. The minimum Gasteiger partial charge on any atom is -0.338 e. The zero-order valence-electron chi connectivity index (χ0n) is 20.3. The molecule has 5 rings (SSSR count). The Labute approximate surface area is 212 Å². The summed E-state index contributed by atoms with van der Waals surface area (Å²) in [6.07, 6.45) is -3.04. The molecule has 0 radical (unpaired) electrons. The molecule has 2 saturated heterocycles. The SMILES string of the molecule is CC(F)(c1ccc2c(c1)CC[C@H]1N(C(=O)C3CCS(=O)(=O)C3)CC[C@@]21Cc1ccc(F)cc1)C(F)(F)F. The minimum atomic E-state index is -5.07. The number of carbonyl (C=O) groups excluding carboxylic acids is 1. The van der Waals surface area contributed by atoms with Crippen molar-refractivity contribution in [3.8, 4) is 0 Å². The van der Waals surface area contributed by atoms with E-state index in [1.807, 2.05) is 0 Å². The molecule has 0 aromatic heterocycles. The van der Waals surface area contributed by atoms with Crippen molar-refractivity contribution in [3.05, 3.63) is 70.5 Å². The van der Waals surface area contributed by atoms with E-state index in [2.05, 4.69) is 0 Å². The molecule has 2 aromatic rings. The average molecular weight is 542 g/mol. The highest BCUT2D eigenvalue weighted by Crippen LogP contribution is 2.51. The van der Waals surface area contributed by atoms with Gasteiger partial charge in [0.1, 0.15) is 5.82 Å². The van der Waals surface area contributed by atoms with Crippen LogP contribution in [0.15, 0.2) is 42.5 Å². The van der Waals surface area contributed by atoms with Crippen LogP contribution in [-0.2, 0) is 38.6 Å². The van der Waals surface area contributed by atoms with Gasteiger partial charge in [-0.15, -0.1) is 0 Å². The lowest BCUT2D eigenvalue weighted by atomic mass is 9.63. The fourth-order valence-electron chi connectivity index (χ4n) is 6.48. The van der Waals surface area contributed by atoms with Crippen LogP contribution in [0.2, 0.25) is 0 Å². The number of rotatable bonds is 4. The number of alkyl halides is 4. The minimum absolute atomic E-state index is 0.0184.